The van der Waals surface area contributed by atoms with E-state index in [0.29, 0.717) is 25.2 Å². The lowest BCUT2D eigenvalue weighted by Crippen LogP contribution is -2.38. The quantitative estimate of drug-likeness (QED) is 0.778. The topological polar surface area (TPSA) is 69.7 Å². The lowest BCUT2D eigenvalue weighted by Gasteiger charge is -2.26. The van der Waals surface area contributed by atoms with Gasteiger partial charge in [0.25, 0.3) is 5.91 Å². The predicted molar refractivity (Wildman–Crippen MR) is 107 cm³/mol. The Balaban J connectivity index is 1.65. The van der Waals surface area contributed by atoms with Crippen LogP contribution in [0.15, 0.2) is 23.1 Å². The third-order valence-electron chi connectivity index (χ3n) is 5.29. The Labute approximate surface area is 166 Å². The summed E-state index contributed by atoms with van der Waals surface area (Å²) < 4.78 is 27.3. The summed E-state index contributed by atoms with van der Waals surface area (Å²) in [5.74, 6) is -0.265. The molecule has 2 aliphatic heterocycles. The number of piperidine rings is 2. The molecular formula is C19H28ClN3O3S. The van der Waals surface area contributed by atoms with Crippen LogP contribution in [0.3, 0.4) is 0 Å². The first-order valence-electron chi connectivity index (χ1n) is 9.79. The van der Waals surface area contributed by atoms with Crippen molar-refractivity contribution in [3.05, 3.63) is 28.8 Å². The van der Waals surface area contributed by atoms with Gasteiger partial charge in [-0.1, -0.05) is 24.4 Å². The molecule has 2 fully saturated rings. The number of halogens is 1. The highest BCUT2D eigenvalue weighted by molar-refractivity contribution is 7.89. The van der Waals surface area contributed by atoms with E-state index in [1.54, 1.807) is 6.07 Å². The molecule has 0 bridgehead atoms. The minimum atomic E-state index is -3.67. The lowest BCUT2D eigenvalue weighted by atomic mass is 10.1. The second kappa shape index (κ2) is 9.37. The van der Waals surface area contributed by atoms with E-state index in [9.17, 15) is 13.2 Å². The van der Waals surface area contributed by atoms with E-state index < -0.39 is 10.0 Å². The Morgan fingerprint density at radius 2 is 1.63 bits per heavy atom. The minimum absolute atomic E-state index is 0.0229. The molecule has 1 aromatic carbocycles. The zero-order valence-electron chi connectivity index (χ0n) is 15.6. The highest BCUT2D eigenvalue weighted by Gasteiger charge is 2.28. The standard InChI is InChI=1S/C19H28ClN3O3S/c20-17-8-7-16(19(24)21-9-14-22-10-3-1-4-11-22)15-18(17)27(25,26)23-12-5-2-6-13-23/h7-8,15H,1-6,9-14H2,(H,21,24). The predicted octanol–water partition coefficient (Wildman–Crippen LogP) is 2.73. The molecule has 2 saturated heterocycles. The van der Waals surface area contributed by atoms with Crippen molar-refractivity contribution >= 4 is 27.5 Å². The Morgan fingerprint density at radius 3 is 2.30 bits per heavy atom. The summed E-state index contributed by atoms with van der Waals surface area (Å²) in [5, 5.41) is 3.05. The van der Waals surface area contributed by atoms with Crippen molar-refractivity contribution in [1.29, 1.82) is 0 Å². The second-order valence-electron chi connectivity index (χ2n) is 7.27. The first kappa shape index (κ1) is 20.6. The molecular weight excluding hydrogens is 386 g/mol. The molecule has 2 heterocycles. The van der Waals surface area contributed by atoms with Gasteiger partial charge in [-0.3, -0.25) is 4.79 Å². The molecule has 0 aliphatic carbocycles. The molecule has 8 heteroatoms. The van der Waals surface area contributed by atoms with E-state index in [-0.39, 0.29) is 15.8 Å². The molecule has 2 aliphatic rings. The van der Waals surface area contributed by atoms with Crippen LogP contribution in [0.2, 0.25) is 5.02 Å². The first-order chi connectivity index (χ1) is 13.0. The third kappa shape index (κ3) is 5.22. The summed E-state index contributed by atoms with van der Waals surface area (Å²) in [4.78, 5) is 14.8. The zero-order valence-corrected chi connectivity index (χ0v) is 17.2. The number of likely N-dealkylation sites (tertiary alicyclic amines) is 1. The Bertz CT molecular complexity index is 757. The van der Waals surface area contributed by atoms with Gasteiger partial charge in [-0.25, -0.2) is 8.42 Å². The van der Waals surface area contributed by atoms with Crippen molar-refractivity contribution in [3.63, 3.8) is 0 Å². The van der Waals surface area contributed by atoms with Crippen molar-refractivity contribution in [1.82, 2.24) is 14.5 Å². The van der Waals surface area contributed by atoms with Crippen molar-refractivity contribution < 1.29 is 13.2 Å². The number of benzene rings is 1. The average Bonchev–Trinajstić information content (AvgIpc) is 2.69. The number of nitrogens with one attached hydrogen (secondary N) is 1. The van der Waals surface area contributed by atoms with Crippen molar-refractivity contribution in [2.24, 2.45) is 0 Å². The number of hydrogen-bond donors (Lipinski definition) is 1. The molecule has 150 valence electrons. The monoisotopic (exact) mass is 413 g/mol. The van der Waals surface area contributed by atoms with Crippen molar-refractivity contribution in [2.45, 2.75) is 43.4 Å². The number of amides is 1. The number of carbonyl (C=O) groups excluding carboxylic acids is 1. The van der Waals surface area contributed by atoms with Crippen LogP contribution < -0.4 is 5.32 Å². The normalized spacial score (nSPS) is 19.7. The molecule has 0 spiro atoms. The zero-order chi connectivity index (χ0) is 19.3. The van der Waals surface area contributed by atoms with E-state index in [2.05, 4.69) is 10.2 Å². The molecule has 0 unspecified atom stereocenters. The van der Waals surface area contributed by atoms with Gasteiger partial charge in [0.15, 0.2) is 0 Å². The second-order valence-corrected chi connectivity index (χ2v) is 9.58. The van der Waals surface area contributed by atoms with Gasteiger partial charge in [0.2, 0.25) is 10.0 Å². The van der Waals surface area contributed by atoms with Crippen LogP contribution in [0, 0.1) is 0 Å². The number of hydrogen-bond acceptors (Lipinski definition) is 4. The van der Waals surface area contributed by atoms with Crippen molar-refractivity contribution in [2.75, 3.05) is 39.3 Å². The molecule has 3 rings (SSSR count). The van der Waals surface area contributed by atoms with Crippen LogP contribution >= 0.6 is 11.6 Å². The smallest absolute Gasteiger partial charge is 0.251 e. The fourth-order valence-corrected chi connectivity index (χ4v) is 5.72. The minimum Gasteiger partial charge on any atom is -0.351 e. The van der Waals surface area contributed by atoms with Crippen LogP contribution in [-0.4, -0.2) is 62.8 Å². The van der Waals surface area contributed by atoms with Crippen molar-refractivity contribution in [3.8, 4) is 0 Å². The number of nitrogens with zero attached hydrogens (tertiary/aromatic N) is 2. The number of sulfonamides is 1. The average molecular weight is 414 g/mol. The van der Waals surface area contributed by atoms with E-state index in [0.717, 1.165) is 38.9 Å². The highest BCUT2D eigenvalue weighted by atomic mass is 35.5. The SMILES string of the molecule is O=C(NCCN1CCCCC1)c1ccc(Cl)c(S(=O)(=O)N2CCCCC2)c1. The maximum Gasteiger partial charge on any atom is 0.251 e. The van der Waals surface area contributed by atoms with E-state index >= 15 is 0 Å². The lowest BCUT2D eigenvalue weighted by molar-refractivity contribution is 0.0946. The molecule has 0 aromatic heterocycles. The van der Waals surface area contributed by atoms with Gasteiger partial charge < -0.3 is 10.2 Å². The summed E-state index contributed by atoms with van der Waals surface area (Å²) in [5.41, 5.74) is 0.327. The fraction of sp³-hybridized carbons (Fsp3) is 0.632. The largest absolute Gasteiger partial charge is 0.351 e. The summed E-state index contributed by atoms with van der Waals surface area (Å²) >= 11 is 6.17. The van der Waals surface area contributed by atoms with Gasteiger partial charge in [-0.15, -0.1) is 0 Å². The Morgan fingerprint density at radius 1 is 1.00 bits per heavy atom. The van der Waals surface area contributed by atoms with Crippen LogP contribution in [-0.2, 0) is 10.0 Å². The molecule has 0 radical (unpaired) electrons. The fourth-order valence-electron chi connectivity index (χ4n) is 3.70. The molecule has 1 N–H and O–H groups in total. The van der Waals surface area contributed by atoms with Crippen LogP contribution in [0.25, 0.3) is 0 Å². The molecule has 1 amide bonds. The van der Waals surface area contributed by atoms with Gasteiger partial charge in [-0.2, -0.15) is 4.31 Å². The summed E-state index contributed by atoms with van der Waals surface area (Å²) in [7, 11) is -3.67. The van der Waals surface area contributed by atoms with Crippen LogP contribution in [0.1, 0.15) is 48.9 Å². The van der Waals surface area contributed by atoms with E-state index in [1.165, 1.54) is 35.7 Å². The summed E-state index contributed by atoms with van der Waals surface area (Å²) in [6, 6.07) is 4.48. The maximum absolute atomic E-state index is 12.9. The van der Waals surface area contributed by atoms with E-state index in [1.807, 2.05) is 0 Å². The van der Waals surface area contributed by atoms with Gasteiger partial charge in [0.1, 0.15) is 4.90 Å². The maximum atomic E-state index is 12.9. The van der Waals surface area contributed by atoms with E-state index in [4.69, 9.17) is 11.6 Å². The molecule has 0 saturated carbocycles. The molecule has 1 aromatic rings. The number of rotatable bonds is 6. The van der Waals surface area contributed by atoms with Gasteiger partial charge in [0, 0.05) is 31.7 Å². The van der Waals surface area contributed by atoms with Crippen LogP contribution in [0.4, 0.5) is 0 Å². The molecule has 0 atom stereocenters. The highest BCUT2D eigenvalue weighted by Crippen LogP contribution is 2.27. The van der Waals surface area contributed by atoms with Crippen LogP contribution in [0.5, 0.6) is 0 Å². The summed E-state index contributed by atoms with van der Waals surface area (Å²) in [6.07, 6.45) is 6.45. The van der Waals surface area contributed by atoms with Gasteiger partial charge >= 0.3 is 0 Å². The molecule has 27 heavy (non-hydrogen) atoms. The third-order valence-corrected chi connectivity index (χ3v) is 7.67. The Hall–Kier alpha value is -1.15. The van der Waals surface area contributed by atoms with Gasteiger partial charge in [-0.05, 0) is 57.0 Å². The van der Waals surface area contributed by atoms with Gasteiger partial charge in [0.05, 0.1) is 5.02 Å². The Kier molecular flexibility index (Phi) is 7.14. The number of carbonyl (C=O) groups is 1. The first-order valence-corrected chi connectivity index (χ1v) is 11.6. The summed E-state index contributed by atoms with van der Waals surface area (Å²) in [6.45, 7) is 4.54. The molecule has 6 nitrogen and oxygen atoms in total.